The number of benzene rings is 1. The summed E-state index contributed by atoms with van der Waals surface area (Å²) in [5, 5.41) is 9.29. The van der Waals surface area contributed by atoms with Crippen LogP contribution in [-0.4, -0.2) is 53.8 Å². The molecule has 2 aliphatic heterocycles. The Morgan fingerprint density at radius 2 is 2.18 bits per heavy atom. The molecule has 0 aliphatic carbocycles. The van der Waals surface area contributed by atoms with Gasteiger partial charge in [-0.1, -0.05) is 0 Å². The van der Waals surface area contributed by atoms with E-state index in [1.54, 1.807) is 23.1 Å². The van der Waals surface area contributed by atoms with Crippen molar-refractivity contribution in [2.75, 3.05) is 26.4 Å². The molecule has 9 heteroatoms. The molecule has 0 aromatic heterocycles. The first-order valence-electron chi connectivity index (χ1n) is 9.21. The highest BCUT2D eigenvalue weighted by Gasteiger charge is 2.49. The van der Waals surface area contributed by atoms with E-state index in [2.05, 4.69) is 6.07 Å². The van der Waals surface area contributed by atoms with E-state index in [4.69, 9.17) is 14.0 Å². The molecule has 28 heavy (non-hydrogen) atoms. The second-order valence-electron chi connectivity index (χ2n) is 7.63. The summed E-state index contributed by atoms with van der Waals surface area (Å²) >= 11 is 0. The summed E-state index contributed by atoms with van der Waals surface area (Å²) in [4.78, 5) is 23.6. The molecule has 1 fully saturated rings. The topological polar surface area (TPSA) is 109 Å². The molecular weight excluding hydrogens is 383 g/mol. The predicted molar refractivity (Wildman–Crippen MR) is 101 cm³/mol. The van der Waals surface area contributed by atoms with Crippen LogP contribution < -0.4 is 4.74 Å². The molecule has 3 unspecified atom stereocenters. The summed E-state index contributed by atoms with van der Waals surface area (Å²) in [5.41, 5.74) is 0.458. The standard InChI is InChI=1S/C19H25N2O6P/c1-19(2)18(25-9-10-26-28(3,23)24)17(21-8-4-5-16(21)22)14-11-13(12-20)6-7-15(14)27-19/h6-7,11,17-18H,4-5,8-10H2,1-3H3,(H,23,24). The smallest absolute Gasteiger partial charge is 0.325 e. The Morgan fingerprint density at radius 3 is 2.79 bits per heavy atom. The van der Waals surface area contributed by atoms with E-state index in [0.29, 0.717) is 24.3 Å². The van der Waals surface area contributed by atoms with Crippen LogP contribution in [0.1, 0.15) is 43.9 Å². The predicted octanol–water partition coefficient (Wildman–Crippen LogP) is 2.61. The molecule has 0 spiro atoms. The summed E-state index contributed by atoms with van der Waals surface area (Å²) in [6.45, 7) is 5.50. The van der Waals surface area contributed by atoms with Crippen LogP contribution in [0.2, 0.25) is 0 Å². The normalized spacial score (nSPS) is 25.5. The van der Waals surface area contributed by atoms with Crippen molar-refractivity contribution in [3.63, 3.8) is 0 Å². The largest absolute Gasteiger partial charge is 0.485 e. The highest BCUT2D eigenvalue weighted by Crippen LogP contribution is 2.46. The first kappa shape index (κ1) is 20.8. The van der Waals surface area contributed by atoms with Crippen LogP contribution in [0, 0.1) is 11.3 Å². The van der Waals surface area contributed by atoms with Crippen LogP contribution in [0.25, 0.3) is 0 Å². The van der Waals surface area contributed by atoms with Crippen LogP contribution in [0.4, 0.5) is 0 Å². The number of amides is 1. The van der Waals surface area contributed by atoms with E-state index in [1.807, 2.05) is 13.8 Å². The van der Waals surface area contributed by atoms with E-state index in [1.165, 1.54) is 0 Å². The number of ether oxygens (including phenoxy) is 2. The fraction of sp³-hybridized carbons (Fsp3) is 0.579. The minimum atomic E-state index is -3.59. The van der Waals surface area contributed by atoms with Gasteiger partial charge in [-0.2, -0.15) is 5.26 Å². The van der Waals surface area contributed by atoms with Crippen LogP contribution >= 0.6 is 7.60 Å². The van der Waals surface area contributed by atoms with Gasteiger partial charge in [-0.15, -0.1) is 0 Å². The van der Waals surface area contributed by atoms with Gasteiger partial charge in [0.2, 0.25) is 5.91 Å². The number of carbonyl (C=O) groups is 1. The van der Waals surface area contributed by atoms with Crippen molar-refractivity contribution < 1.29 is 28.3 Å². The lowest BCUT2D eigenvalue weighted by molar-refractivity contribution is -0.149. The third-order valence-corrected chi connectivity index (χ3v) is 5.62. The van der Waals surface area contributed by atoms with Crippen molar-refractivity contribution in [3.8, 4) is 11.8 Å². The van der Waals surface area contributed by atoms with E-state index < -0.39 is 25.3 Å². The number of fused-ring (bicyclic) bond motifs is 1. The number of rotatable bonds is 6. The zero-order chi connectivity index (χ0) is 20.5. The summed E-state index contributed by atoms with van der Waals surface area (Å²) < 4.78 is 28.4. The monoisotopic (exact) mass is 408 g/mol. The molecule has 1 saturated heterocycles. The zero-order valence-electron chi connectivity index (χ0n) is 16.3. The summed E-state index contributed by atoms with van der Waals surface area (Å²) in [7, 11) is -3.59. The molecule has 152 valence electrons. The quantitative estimate of drug-likeness (QED) is 0.569. The average Bonchev–Trinajstić information content (AvgIpc) is 3.02. The molecule has 1 amide bonds. The fourth-order valence-corrected chi connectivity index (χ4v) is 4.21. The van der Waals surface area contributed by atoms with Gasteiger partial charge in [-0.05, 0) is 38.5 Å². The third kappa shape index (κ3) is 4.39. The summed E-state index contributed by atoms with van der Waals surface area (Å²) in [6.07, 6.45) is 0.711. The minimum absolute atomic E-state index is 0.0364. The van der Waals surface area contributed by atoms with Crippen molar-refractivity contribution in [3.05, 3.63) is 29.3 Å². The van der Waals surface area contributed by atoms with Crippen LogP contribution in [0.5, 0.6) is 5.75 Å². The van der Waals surface area contributed by atoms with Gasteiger partial charge in [0.15, 0.2) is 0 Å². The van der Waals surface area contributed by atoms with Gasteiger partial charge in [-0.25, -0.2) is 0 Å². The Balaban J connectivity index is 1.93. The first-order valence-corrected chi connectivity index (χ1v) is 11.2. The minimum Gasteiger partial charge on any atom is -0.485 e. The fourth-order valence-electron chi connectivity index (χ4n) is 3.79. The number of likely N-dealkylation sites (tertiary alicyclic amines) is 1. The number of hydrogen-bond acceptors (Lipinski definition) is 6. The molecule has 0 radical (unpaired) electrons. The molecule has 2 aliphatic rings. The summed E-state index contributed by atoms with van der Waals surface area (Å²) in [6, 6.07) is 6.89. The van der Waals surface area contributed by atoms with E-state index in [9.17, 15) is 19.5 Å². The SMILES string of the molecule is CC1(C)Oc2ccc(C#N)cc2C(N2CCCC2=O)C1OCCOP(C)(=O)O. The maximum Gasteiger partial charge on any atom is 0.325 e. The molecule has 1 N–H and O–H groups in total. The van der Waals surface area contributed by atoms with Crippen molar-refractivity contribution in [1.82, 2.24) is 4.90 Å². The van der Waals surface area contributed by atoms with Gasteiger partial charge < -0.3 is 23.8 Å². The van der Waals surface area contributed by atoms with E-state index >= 15 is 0 Å². The zero-order valence-corrected chi connectivity index (χ0v) is 17.1. The van der Waals surface area contributed by atoms with Gasteiger partial charge in [0.25, 0.3) is 0 Å². The Kier molecular flexibility index (Phi) is 5.83. The molecular formula is C19H25N2O6P. The highest BCUT2D eigenvalue weighted by atomic mass is 31.2. The molecule has 0 bridgehead atoms. The maximum absolute atomic E-state index is 12.5. The van der Waals surface area contributed by atoms with Crippen LogP contribution in [-0.2, 0) is 18.6 Å². The second-order valence-corrected chi connectivity index (χ2v) is 9.50. The third-order valence-electron chi connectivity index (χ3n) is 4.96. The molecule has 3 rings (SSSR count). The average molecular weight is 408 g/mol. The molecule has 1 aromatic rings. The number of nitrogens with zero attached hydrogens (tertiary/aromatic N) is 2. The van der Waals surface area contributed by atoms with Gasteiger partial charge >= 0.3 is 7.60 Å². The van der Waals surface area contributed by atoms with Crippen LogP contribution in [0.3, 0.4) is 0 Å². The van der Waals surface area contributed by atoms with E-state index in [-0.39, 0.29) is 19.1 Å². The Morgan fingerprint density at radius 1 is 1.43 bits per heavy atom. The maximum atomic E-state index is 12.5. The lowest BCUT2D eigenvalue weighted by atomic mass is 9.84. The van der Waals surface area contributed by atoms with Crippen molar-refractivity contribution >= 4 is 13.5 Å². The summed E-state index contributed by atoms with van der Waals surface area (Å²) in [5.74, 6) is 0.660. The Bertz CT molecular complexity index is 843. The van der Waals surface area contributed by atoms with E-state index in [0.717, 1.165) is 18.6 Å². The van der Waals surface area contributed by atoms with Crippen molar-refractivity contribution in [2.24, 2.45) is 0 Å². The Labute approximate surface area is 164 Å². The van der Waals surface area contributed by atoms with Gasteiger partial charge in [-0.3, -0.25) is 9.36 Å². The molecule has 3 atom stereocenters. The molecule has 2 heterocycles. The molecule has 0 saturated carbocycles. The lowest BCUT2D eigenvalue weighted by Gasteiger charge is -2.47. The molecule has 1 aromatic carbocycles. The van der Waals surface area contributed by atoms with Crippen molar-refractivity contribution in [2.45, 2.75) is 44.4 Å². The van der Waals surface area contributed by atoms with Gasteiger partial charge in [0.1, 0.15) is 17.5 Å². The second kappa shape index (κ2) is 7.84. The van der Waals surface area contributed by atoms with Crippen LogP contribution in [0.15, 0.2) is 18.2 Å². The number of hydrogen-bond donors (Lipinski definition) is 1. The van der Waals surface area contributed by atoms with Gasteiger partial charge in [0, 0.05) is 25.2 Å². The lowest BCUT2D eigenvalue weighted by Crippen LogP contribution is -2.55. The number of carbonyl (C=O) groups excluding carboxylic acids is 1. The first-order chi connectivity index (χ1) is 13.1. The highest BCUT2D eigenvalue weighted by molar-refractivity contribution is 7.51. The number of nitriles is 1. The van der Waals surface area contributed by atoms with Gasteiger partial charge in [0.05, 0.1) is 30.9 Å². The molecule has 8 nitrogen and oxygen atoms in total. The Hall–Kier alpha value is -1.91. The van der Waals surface area contributed by atoms with Crippen molar-refractivity contribution in [1.29, 1.82) is 5.26 Å².